The highest BCUT2D eigenvalue weighted by atomic mass is 16.4. The second kappa shape index (κ2) is 62.7. The van der Waals surface area contributed by atoms with Gasteiger partial charge in [0.05, 0.1) is 35.9 Å². The molecule has 0 spiro atoms. The molecule has 42 nitrogen and oxygen atoms in total. The summed E-state index contributed by atoms with van der Waals surface area (Å²) in [6, 6.07) is 30.4. The largest absolute Gasteiger partial charge is 0.546 e. The first-order valence-electron chi connectivity index (χ1n) is 51.7. The van der Waals surface area contributed by atoms with E-state index in [0.717, 1.165) is 67.8 Å². The minimum Gasteiger partial charge on any atom is -0.546 e. The molecule has 0 radical (unpaired) electrons. The molecule has 0 heterocycles. The van der Waals surface area contributed by atoms with Crippen molar-refractivity contribution in [2.45, 2.75) is 281 Å². The Bertz CT molecular complexity index is 5500. The Hall–Kier alpha value is -14.3. The number of fused-ring (bicyclic) bond motifs is 2. The summed E-state index contributed by atoms with van der Waals surface area (Å²) in [6.45, 7) is 12.8. The van der Waals surface area contributed by atoms with Gasteiger partial charge in [-0.05, 0) is 240 Å². The second-order valence-electron chi connectivity index (χ2n) is 39.0. The molecule has 12 amide bonds. The molecule has 2 aliphatic carbocycles. The lowest BCUT2D eigenvalue weighted by atomic mass is 9.81. The van der Waals surface area contributed by atoms with Gasteiger partial charge in [0, 0.05) is 63.7 Å². The fourth-order valence-corrected chi connectivity index (χ4v) is 17.5. The van der Waals surface area contributed by atoms with Crippen LogP contribution in [0.2, 0.25) is 2.82 Å². The van der Waals surface area contributed by atoms with Crippen molar-refractivity contribution in [2.24, 2.45) is 47.0 Å². The lowest BCUT2D eigenvalue weighted by molar-refractivity contribution is -0.310. The van der Waals surface area contributed by atoms with Crippen LogP contribution in [0.3, 0.4) is 0 Å². The van der Waals surface area contributed by atoms with E-state index in [-0.39, 0.29) is 107 Å². The average Bonchev–Trinajstić information content (AvgIpc) is 0.832. The Morgan fingerprint density at radius 3 is 1.01 bits per heavy atom. The molecule has 12 atom stereocenters. The summed E-state index contributed by atoms with van der Waals surface area (Å²) in [5.74, 6) is -15.6. The Balaban J connectivity index is 0.000000406. The van der Waals surface area contributed by atoms with Gasteiger partial charge in [0.2, 0.25) is 47.3 Å². The molecular weight excluding hydrogens is 1910 g/mol. The van der Waals surface area contributed by atoms with E-state index in [9.17, 15) is 117 Å². The molecule has 6 aromatic carbocycles. The third kappa shape index (κ3) is 43.4. The van der Waals surface area contributed by atoms with Crippen LogP contribution in [0.5, 0.6) is 0 Å². The van der Waals surface area contributed by atoms with Crippen molar-refractivity contribution in [3.63, 3.8) is 0 Å². The van der Waals surface area contributed by atoms with Gasteiger partial charge in [0.1, 0.15) is 51.4 Å². The first-order chi connectivity index (χ1) is 71.5. The molecular formula is C106H146N16O26-2. The number of benzene rings is 6. The number of rotatable bonds is 64. The smallest absolute Gasteiger partial charge is 0.326 e. The molecule has 12 unspecified atom stereocenters. The highest BCUT2D eigenvalue weighted by molar-refractivity contribution is 5.93. The molecule has 0 aliphatic heterocycles. The fourth-order valence-electron chi connectivity index (χ4n) is 17.5. The molecule has 0 bridgehead atoms. The van der Waals surface area contributed by atoms with Crippen molar-refractivity contribution < 1.29 is 130 Å². The number of carboxylic acids is 8. The lowest BCUT2D eigenvalue weighted by Crippen LogP contribution is -2.57. The summed E-state index contributed by atoms with van der Waals surface area (Å²) >= 11 is 0. The summed E-state index contributed by atoms with van der Waals surface area (Å²) in [4.78, 5) is 224. The number of amides is 12. The van der Waals surface area contributed by atoms with Gasteiger partial charge in [-0.3, -0.25) is 58.6 Å². The van der Waals surface area contributed by atoms with E-state index in [2.05, 4.69) is 114 Å². The zero-order valence-electron chi connectivity index (χ0n) is 86.6. The lowest BCUT2D eigenvalue weighted by Gasteiger charge is -2.29. The monoisotopic (exact) mass is 2060 g/mol. The number of aliphatic carboxylic acids is 8. The summed E-state index contributed by atoms with van der Waals surface area (Å²) in [6.07, 6.45) is 3.89. The number of hydrogen-bond donors (Lipinski definition) is 22. The van der Waals surface area contributed by atoms with E-state index in [1.54, 1.807) is 13.8 Å². The van der Waals surface area contributed by atoms with Crippen molar-refractivity contribution >= 4 is 129 Å². The van der Waals surface area contributed by atoms with Crippen molar-refractivity contribution in [3.05, 3.63) is 167 Å². The maximum atomic E-state index is 13.8. The van der Waals surface area contributed by atoms with Crippen LogP contribution in [-0.2, 0) is 102 Å². The van der Waals surface area contributed by atoms with Crippen molar-refractivity contribution in [3.8, 4) is 0 Å². The van der Waals surface area contributed by atoms with Crippen LogP contribution < -0.4 is 96.1 Å². The van der Waals surface area contributed by atoms with Gasteiger partial charge >= 0.3 is 47.9 Å². The molecule has 2 saturated carbocycles. The first-order valence-corrected chi connectivity index (χ1v) is 50.7. The minimum absolute atomic E-state index is 0.0171. The van der Waals surface area contributed by atoms with Gasteiger partial charge in [0.15, 0.2) is 0 Å². The number of carboxylic acid groups (broad SMARTS) is 8. The van der Waals surface area contributed by atoms with E-state index in [0.29, 0.717) is 102 Å². The zero-order valence-corrected chi connectivity index (χ0v) is 84.6. The SMILES string of the molecule is [2H]NC(CCCCNC(NC(=O)C(C)c1ccc(CC(C)C)cc1)C(=O)[O-])C(=O)NCC1CCC(C(=O)NC(Cc2ccc3ccccc3c2)C(=O)NCCCCC(NC(=O)NC(CCC(=O)O)C(=O)O)C(=O)O)CC1.[2H]NC(CCNC(NC(=O)C(C)c1ccc(CC(C)C)cc1)C(=O)[O-])C(=O)NCC1CCC(C(=O)NC(Cc2ccc3ccccc3c2)C(=O)NCCCCC(NC(=O)NC(CCC(=O)O)C(=O)O)C(=O)O)CC1. The summed E-state index contributed by atoms with van der Waals surface area (Å²) in [5, 5.41) is 120. The summed E-state index contributed by atoms with van der Waals surface area (Å²) in [7, 11) is 0. The van der Waals surface area contributed by atoms with Crippen LogP contribution >= 0.6 is 0 Å². The maximum absolute atomic E-state index is 13.8. The third-order valence-corrected chi connectivity index (χ3v) is 26.2. The number of nitrogens with two attached hydrogens (primary N) is 2. The number of carbonyl (C=O) groups excluding carboxylic acids is 12. The molecule has 2 aliphatic rings. The van der Waals surface area contributed by atoms with Crippen LogP contribution in [-0.4, -0.2) is 238 Å². The van der Waals surface area contributed by atoms with Crippen LogP contribution in [0.15, 0.2) is 133 Å². The number of nitrogens with one attached hydrogen (secondary N) is 14. The van der Waals surface area contributed by atoms with Gasteiger partial charge in [-0.25, -0.2) is 28.8 Å². The molecule has 148 heavy (non-hydrogen) atoms. The van der Waals surface area contributed by atoms with Gasteiger partial charge < -0.3 is 126 Å². The molecule has 24 N–H and O–H groups in total. The van der Waals surface area contributed by atoms with Crippen LogP contribution in [0.4, 0.5) is 9.59 Å². The van der Waals surface area contributed by atoms with E-state index >= 15 is 0 Å². The van der Waals surface area contributed by atoms with Crippen LogP contribution in [0.25, 0.3) is 21.5 Å². The average molecular weight is 2060 g/mol. The number of unbranched alkanes of at least 4 members (excludes halogenated alkanes) is 3. The Morgan fingerprint density at radius 1 is 0.331 bits per heavy atom. The minimum atomic E-state index is -1.56. The third-order valence-electron chi connectivity index (χ3n) is 26.2. The predicted octanol–water partition coefficient (Wildman–Crippen LogP) is 4.08. The van der Waals surface area contributed by atoms with Crippen molar-refractivity contribution in [1.29, 1.82) is 0 Å². The fraction of sp³-hybridized carbons (Fsp3) is 0.528. The molecule has 6 aromatic rings. The Morgan fingerprint density at radius 2 is 0.662 bits per heavy atom. The topological polar surface area (TPSA) is 695 Å². The number of carbonyl (C=O) groups is 18. The highest BCUT2D eigenvalue weighted by Gasteiger charge is 2.36. The normalized spacial score (nSPS) is 17.0. The molecule has 2 fully saturated rings. The zero-order chi connectivity index (χ0) is 110. The van der Waals surface area contributed by atoms with Crippen LogP contribution in [0.1, 0.15) is 228 Å². The maximum Gasteiger partial charge on any atom is 0.326 e. The second-order valence-corrected chi connectivity index (χ2v) is 39.0. The quantitative estimate of drug-likeness (QED) is 0.0189. The van der Waals surface area contributed by atoms with E-state index in [1.165, 1.54) is 0 Å². The Labute approximate surface area is 863 Å². The molecule has 42 heteroatoms. The summed E-state index contributed by atoms with van der Waals surface area (Å²) < 4.78 is 15.5. The van der Waals surface area contributed by atoms with Crippen LogP contribution in [0, 0.1) is 35.5 Å². The molecule has 808 valence electrons. The van der Waals surface area contributed by atoms with Gasteiger partial charge in [0.25, 0.3) is 0 Å². The van der Waals surface area contributed by atoms with Gasteiger partial charge in [-0.2, -0.15) is 0 Å². The van der Waals surface area contributed by atoms with Gasteiger partial charge in [-0.1, -0.05) is 168 Å². The van der Waals surface area contributed by atoms with Gasteiger partial charge in [-0.15, -0.1) is 0 Å². The summed E-state index contributed by atoms with van der Waals surface area (Å²) in [5.41, 5.74) is 9.88. The number of hydrogen-bond acceptors (Lipinski definition) is 24. The standard InChI is InChI=1S/C54H76N8O13.C52H72N8O13/c1-32(2)28-34-14-19-37(20-15-34)33(3)47(65)62-46(53(73)74)56-26-8-6-12-41(55)49(67)58-31-35-16-22-39(23-17-35)48(66)59-44(30-36-18-21-38-10-4-5-11-40(38)29-36)50(68)57-27-9-7-13-42(51(69)70)60-54(75)61-43(52(71)72)24-25-45(63)64;1-30(2)26-32-11-16-35(17-12-32)31(3)45(63)60-44(51(71)72)54-25-23-39(53)47(65)56-29-33-13-19-37(20-14-33)46(64)57-42(28-34-15-18-36-8-4-5-9-38(36)27-34)48(66)55-24-7-6-10-40(49(67)68)58-52(73)59-41(50(69)70)21-22-43(61)62/h4-5,10-11,14-15,18-21,29,32-33,35,39,41-44,46,56H,6-9,12-13,16-17,22-28,30-31,55H2,1-3H3,(H,57,68)(H,58,67)(H,59,66)(H,62,65)(H,63,64)(H,69,70)(H,71,72)(H,73,74)(H2,60,61,75);4-5,8-9,11-12,15-18,27,30-31,33,37,39-42,44,54H,6-7,10,13-14,19-26,28-29,53H2,1-3H3,(H,55,66)(H,56,65)(H,57,64)(H,60,63)(H,61,62)(H,67,68)(H,69,70)(H,71,72)(H2,58,59,73)/p-2/i/hD2. The van der Waals surface area contributed by atoms with E-state index in [1.807, 2.05) is 133 Å². The highest BCUT2D eigenvalue weighted by Crippen LogP contribution is 2.32. The van der Waals surface area contributed by atoms with E-state index in [4.69, 9.17) is 13.0 Å². The molecule has 8 rings (SSSR count). The Kier molecular flexibility index (Phi) is 49.7. The van der Waals surface area contributed by atoms with E-state index < -0.39 is 199 Å². The predicted molar refractivity (Wildman–Crippen MR) is 544 cm³/mol. The molecule has 0 aromatic heterocycles. The molecule has 0 saturated heterocycles. The van der Waals surface area contributed by atoms with Crippen molar-refractivity contribution in [2.75, 3.05) is 39.3 Å². The first kappa shape index (κ1) is 117. The van der Waals surface area contributed by atoms with Crippen molar-refractivity contribution in [1.82, 2.24) is 74.4 Å². The number of urea groups is 2.